The number of aliphatic hydroxyl groups is 1. The van der Waals surface area contributed by atoms with Crippen molar-refractivity contribution >= 4 is 40.4 Å². The smallest absolute Gasteiger partial charge is 0.253 e. The molecule has 1 saturated heterocycles. The average Bonchev–Trinajstić information content (AvgIpc) is 3.27. The van der Waals surface area contributed by atoms with Gasteiger partial charge in [-0.3, -0.25) is 9.59 Å². The van der Waals surface area contributed by atoms with Crippen LogP contribution in [0.15, 0.2) is 53.9 Å². The molecule has 0 atom stereocenters. The maximum absolute atomic E-state index is 12.8. The third kappa shape index (κ3) is 5.35. The number of rotatable bonds is 6. The van der Waals surface area contributed by atoms with Gasteiger partial charge in [0, 0.05) is 41.9 Å². The van der Waals surface area contributed by atoms with Gasteiger partial charge in [0.2, 0.25) is 5.91 Å². The predicted octanol–water partition coefficient (Wildman–Crippen LogP) is 4.49. The van der Waals surface area contributed by atoms with E-state index in [1.54, 1.807) is 29.2 Å². The molecule has 32 heavy (non-hydrogen) atoms. The zero-order valence-corrected chi connectivity index (χ0v) is 19.0. The summed E-state index contributed by atoms with van der Waals surface area (Å²) in [6.45, 7) is 1.44. The fraction of sp³-hybridized carbons (Fsp3) is 0.292. The second-order valence-electron chi connectivity index (χ2n) is 7.85. The van der Waals surface area contributed by atoms with E-state index in [-0.39, 0.29) is 30.8 Å². The van der Waals surface area contributed by atoms with E-state index >= 15 is 0 Å². The number of aromatic nitrogens is 1. The van der Waals surface area contributed by atoms with Gasteiger partial charge in [-0.05, 0) is 43.0 Å². The van der Waals surface area contributed by atoms with E-state index in [0.29, 0.717) is 35.1 Å². The Morgan fingerprint density at radius 2 is 1.94 bits per heavy atom. The first kappa shape index (κ1) is 22.5. The van der Waals surface area contributed by atoms with Crippen molar-refractivity contribution in [2.75, 3.05) is 25.0 Å². The molecule has 4 rings (SSSR count). The Hall–Kier alpha value is -2.74. The van der Waals surface area contributed by atoms with Crippen LogP contribution in [0.3, 0.4) is 0 Å². The van der Waals surface area contributed by atoms with E-state index in [0.717, 1.165) is 23.4 Å². The lowest BCUT2D eigenvalue weighted by molar-refractivity contribution is -0.115. The predicted molar refractivity (Wildman–Crippen MR) is 127 cm³/mol. The molecule has 166 valence electrons. The van der Waals surface area contributed by atoms with Crippen molar-refractivity contribution in [3.63, 3.8) is 0 Å². The molecule has 0 spiro atoms. The summed E-state index contributed by atoms with van der Waals surface area (Å²) in [6, 6.07) is 14.5. The number of amides is 2. The SMILES string of the molecule is O=C(Cc1csc(-c2ccccc2Cl)n1)Nc1cccc(C(=O)N2CCC(CO)CC2)c1. The number of halogens is 1. The molecular formula is C24H24ClN3O3S. The van der Waals surface area contributed by atoms with Crippen LogP contribution in [0.1, 0.15) is 28.9 Å². The molecule has 0 radical (unpaired) electrons. The second-order valence-corrected chi connectivity index (χ2v) is 9.11. The van der Waals surface area contributed by atoms with Crippen LogP contribution in [0.25, 0.3) is 10.6 Å². The molecule has 0 saturated carbocycles. The average molecular weight is 470 g/mol. The highest BCUT2D eigenvalue weighted by Gasteiger charge is 2.23. The number of nitrogens with zero attached hydrogens (tertiary/aromatic N) is 2. The second kappa shape index (κ2) is 10.3. The van der Waals surface area contributed by atoms with Crippen molar-refractivity contribution in [1.82, 2.24) is 9.88 Å². The highest BCUT2D eigenvalue weighted by atomic mass is 35.5. The highest BCUT2D eigenvalue weighted by molar-refractivity contribution is 7.13. The van der Waals surface area contributed by atoms with Crippen LogP contribution in [-0.4, -0.2) is 46.5 Å². The molecule has 6 nitrogen and oxygen atoms in total. The van der Waals surface area contributed by atoms with Crippen LogP contribution in [0.2, 0.25) is 5.02 Å². The number of carbonyl (C=O) groups is 2. The fourth-order valence-electron chi connectivity index (χ4n) is 3.75. The molecule has 1 aliphatic rings. The largest absolute Gasteiger partial charge is 0.396 e. The number of carbonyl (C=O) groups excluding carboxylic acids is 2. The summed E-state index contributed by atoms with van der Waals surface area (Å²) in [4.78, 5) is 31.7. The summed E-state index contributed by atoms with van der Waals surface area (Å²) in [5.74, 6) is 0.0181. The van der Waals surface area contributed by atoms with Crippen LogP contribution >= 0.6 is 22.9 Å². The van der Waals surface area contributed by atoms with E-state index in [2.05, 4.69) is 10.3 Å². The molecule has 1 fully saturated rings. The molecule has 2 aromatic carbocycles. The van der Waals surface area contributed by atoms with E-state index in [1.165, 1.54) is 11.3 Å². The van der Waals surface area contributed by atoms with Gasteiger partial charge in [0.1, 0.15) is 5.01 Å². The minimum absolute atomic E-state index is 0.0543. The lowest BCUT2D eigenvalue weighted by Crippen LogP contribution is -2.39. The number of anilines is 1. The summed E-state index contributed by atoms with van der Waals surface area (Å²) in [5, 5.41) is 15.4. The lowest BCUT2D eigenvalue weighted by Gasteiger charge is -2.31. The van der Waals surface area contributed by atoms with E-state index < -0.39 is 0 Å². The molecule has 2 heterocycles. The van der Waals surface area contributed by atoms with Crippen LogP contribution in [0, 0.1) is 5.92 Å². The standard InChI is InChI=1S/C24H24ClN3O3S/c25-21-7-2-1-6-20(21)23-27-19(15-32-23)13-22(30)26-18-5-3-4-17(12-18)24(31)28-10-8-16(14-29)9-11-28/h1-7,12,15-16,29H,8-11,13-14H2,(H,26,30). The molecule has 0 aliphatic carbocycles. The van der Waals surface area contributed by atoms with Gasteiger partial charge in [-0.25, -0.2) is 4.98 Å². The van der Waals surface area contributed by atoms with Crippen molar-refractivity contribution in [2.45, 2.75) is 19.3 Å². The van der Waals surface area contributed by atoms with Gasteiger partial charge in [0.15, 0.2) is 0 Å². The number of piperidine rings is 1. The van der Waals surface area contributed by atoms with Crippen molar-refractivity contribution in [3.8, 4) is 10.6 Å². The van der Waals surface area contributed by atoms with Gasteiger partial charge in [-0.1, -0.05) is 35.9 Å². The van der Waals surface area contributed by atoms with Crippen molar-refractivity contribution in [3.05, 3.63) is 70.2 Å². The quantitative estimate of drug-likeness (QED) is 0.557. The van der Waals surface area contributed by atoms with Crippen LogP contribution < -0.4 is 5.32 Å². The number of aliphatic hydroxyl groups excluding tert-OH is 1. The summed E-state index contributed by atoms with van der Waals surface area (Å²) in [5.41, 5.74) is 2.63. The molecule has 8 heteroatoms. The van der Waals surface area contributed by atoms with Gasteiger partial charge in [-0.15, -0.1) is 11.3 Å². The van der Waals surface area contributed by atoms with Crippen LogP contribution in [-0.2, 0) is 11.2 Å². The Bertz CT molecular complexity index is 1110. The Morgan fingerprint density at radius 1 is 1.16 bits per heavy atom. The summed E-state index contributed by atoms with van der Waals surface area (Å²) in [7, 11) is 0. The van der Waals surface area contributed by atoms with E-state index in [4.69, 9.17) is 11.6 Å². The van der Waals surface area contributed by atoms with E-state index in [9.17, 15) is 14.7 Å². The minimum atomic E-state index is -0.200. The lowest BCUT2D eigenvalue weighted by atomic mass is 9.97. The minimum Gasteiger partial charge on any atom is -0.396 e. The topological polar surface area (TPSA) is 82.5 Å². The number of nitrogens with one attached hydrogen (secondary N) is 1. The molecule has 1 aromatic heterocycles. The van der Waals surface area contributed by atoms with Crippen molar-refractivity contribution in [1.29, 1.82) is 0 Å². The number of benzene rings is 2. The zero-order chi connectivity index (χ0) is 22.5. The molecular weight excluding hydrogens is 446 g/mol. The first-order valence-corrected chi connectivity index (χ1v) is 11.8. The molecule has 2 N–H and O–H groups in total. The summed E-state index contributed by atoms with van der Waals surface area (Å²) >= 11 is 7.68. The maximum Gasteiger partial charge on any atom is 0.253 e. The molecule has 2 amide bonds. The number of hydrogen-bond acceptors (Lipinski definition) is 5. The zero-order valence-electron chi connectivity index (χ0n) is 17.5. The third-order valence-electron chi connectivity index (χ3n) is 5.55. The molecule has 0 unspecified atom stereocenters. The monoisotopic (exact) mass is 469 g/mol. The van der Waals surface area contributed by atoms with Crippen LogP contribution in [0.5, 0.6) is 0 Å². The van der Waals surface area contributed by atoms with Gasteiger partial charge in [-0.2, -0.15) is 0 Å². The Labute approximate surface area is 195 Å². The highest BCUT2D eigenvalue weighted by Crippen LogP contribution is 2.30. The molecule has 3 aromatic rings. The molecule has 1 aliphatic heterocycles. The van der Waals surface area contributed by atoms with Crippen LogP contribution in [0.4, 0.5) is 5.69 Å². The number of likely N-dealkylation sites (tertiary alicyclic amines) is 1. The first-order chi connectivity index (χ1) is 15.5. The Balaban J connectivity index is 1.37. The van der Waals surface area contributed by atoms with Gasteiger partial charge >= 0.3 is 0 Å². The maximum atomic E-state index is 12.8. The summed E-state index contributed by atoms with van der Waals surface area (Å²) < 4.78 is 0. The Morgan fingerprint density at radius 3 is 2.69 bits per heavy atom. The fourth-order valence-corrected chi connectivity index (χ4v) is 4.89. The Kier molecular flexibility index (Phi) is 7.19. The van der Waals surface area contributed by atoms with Crippen molar-refractivity contribution < 1.29 is 14.7 Å². The van der Waals surface area contributed by atoms with Gasteiger partial charge in [0.25, 0.3) is 5.91 Å². The van der Waals surface area contributed by atoms with Crippen molar-refractivity contribution in [2.24, 2.45) is 5.92 Å². The van der Waals surface area contributed by atoms with Gasteiger partial charge in [0.05, 0.1) is 17.1 Å². The third-order valence-corrected chi connectivity index (χ3v) is 6.80. The molecule has 0 bridgehead atoms. The summed E-state index contributed by atoms with van der Waals surface area (Å²) in [6.07, 6.45) is 1.75. The van der Waals surface area contributed by atoms with E-state index in [1.807, 2.05) is 29.6 Å². The normalized spacial score (nSPS) is 14.4. The number of hydrogen-bond donors (Lipinski definition) is 2. The number of thiazole rings is 1. The first-order valence-electron chi connectivity index (χ1n) is 10.5. The van der Waals surface area contributed by atoms with Gasteiger partial charge < -0.3 is 15.3 Å².